The van der Waals surface area contributed by atoms with Crippen LogP contribution < -0.4 is 14.8 Å². The number of carbonyl (C=O) groups is 1. The maximum atomic E-state index is 12.5. The molecule has 1 amide bonds. The molecule has 1 N–H and O–H groups in total. The molecule has 0 unspecified atom stereocenters. The van der Waals surface area contributed by atoms with Crippen molar-refractivity contribution in [2.24, 2.45) is 23.2 Å². The Morgan fingerprint density at radius 2 is 1.57 bits per heavy atom. The van der Waals surface area contributed by atoms with Crippen LogP contribution in [0.4, 0.5) is 0 Å². The minimum Gasteiger partial charge on any atom is -0.494 e. The standard InChI is InChI=1S/C24H35NO3/c1-3-27-21-6-8-22(9-7-21)28-10-4-5-23(26)25-17(2)24-14-18-11-19(15-24)13-20(12-18)16-24/h6-9,17-20H,3-5,10-16H2,1-2H3,(H,25,26)/t17-,18?,19?,20?,24?/m1/s1. The quantitative estimate of drug-likeness (QED) is 0.611. The summed E-state index contributed by atoms with van der Waals surface area (Å²) in [4.78, 5) is 12.5. The highest BCUT2D eigenvalue weighted by molar-refractivity contribution is 5.76. The van der Waals surface area contributed by atoms with Crippen LogP contribution in [0.25, 0.3) is 0 Å². The molecule has 0 aromatic heterocycles. The van der Waals surface area contributed by atoms with Gasteiger partial charge >= 0.3 is 0 Å². The van der Waals surface area contributed by atoms with Gasteiger partial charge < -0.3 is 14.8 Å². The van der Waals surface area contributed by atoms with Gasteiger partial charge in [0.25, 0.3) is 0 Å². The highest BCUT2D eigenvalue weighted by Gasteiger charge is 2.53. The molecule has 28 heavy (non-hydrogen) atoms. The van der Waals surface area contributed by atoms with Crippen molar-refractivity contribution in [2.45, 2.75) is 71.3 Å². The van der Waals surface area contributed by atoms with E-state index in [0.717, 1.165) is 35.7 Å². The van der Waals surface area contributed by atoms with Gasteiger partial charge in [-0.3, -0.25) is 4.79 Å². The zero-order valence-electron chi connectivity index (χ0n) is 17.4. The number of rotatable bonds is 9. The SMILES string of the molecule is CCOc1ccc(OCCCC(=O)N[C@H](C)C23CC4CC(CC(C4)C2)C3)cc1. The fourth-order valence-electron chi connectivity index (χ4n) is 6.40. The van der Waals surface area contributed by atoms with Crippen LogP contribution in [0.3, 0.4) is 0 Å². The van der Waals surface area contributed by atoms with Gasteiger partial charge in [0, 0.05) is 12.5 Å². The van der Waals surface area contributed by atoms with Crippen LogP contribution in [-0.2, 0) is 4.79 Å². The van der Waals surface area contributed by atoms with Crippen molar-refractivity contribution in [3.05, 3.63) is 24.3 Å². The van der Waals surface area contributed by atoms with Crippen molar-refractivity contribution in [3.8, 4) is 11.5 Å². The van der Waals surface area contributed by atoms with Gasteiger partial charge in [0.15, 0.2) is 0 Å². The first kappa shape index (κ1) is 19.6. The van der Waals surface area contributed by atoms with Crippen molar-refractivity contribution in [1.82, 2.24) is 5.32 Å². The van der Waals surface area contributed by atoms with E-state index in [1.54, 1.807) is 0 Å². The van der Waals surface area contributed by atoms with E-state index in [4.69, 9.17) is 9.47 Å². The molecule has 1 aromatic rings. The molecule has 0 aliphatic heterocycles. The van der Waals surface area contributed by atoms with Gasteiger partial charge in [-0.25, -0.2) is 0 Å². The summed E-state index contributed by atoms with van der Waals surface area (Å²) in [7, 11) is 0. The van der Waals surface area contributed by atoms with E-state index >= 15 is 0 Å². The van der Waals surface area contributed by atoms with E-state index in [1.165, 1.54) is 38.5 Å². The molecule has 4 heteroatoms. The first-order chi connectivity index (χ1) is 13.6. The Hall–Kier alpha value is -1.71. The molecule has 4 bridgehead atoms. The van der Waals surface area contributed by atoms with Crippen molar-refractivity contribution in [3.63, 3.8) is 0 Å². The minimum atomic E-state index is 0.179. The molecule has 4 nitrogen and oxygen atoms in total. The van der Waals surface area contributed by atoms with Crippen LogP contribution in [-0.4, -0.2) is 25.2 Å². The van der Waals surface area contributed by atoms with Gasteiger partial charge in [0.1, 0.15) is 11.5 Å². The molecule has 1 atom stereocenters. The van der Waals surface area contributed by atoms with Crippen molar-refractivity contribution < 1.29 is 14.3 Å². The van der Waals surface area contributed by atoms with Gasteiger partial charge in [0.2, 0.25) is 5.91 Å². The molecular formula is C24H35NO3. The first-order valence-corrected chi connectivity index (χ1v) is 11.2. The van der Waals surface area contributed by atoms with Crippen molar-refractivity contribution in [1.29, 1.82) is 0 Å². The molecule has 154 valence electrons. The van der Waals surface area contributed by atoms with E-state index in [1.807, 2.05) is 31.2 Å². The number of amides is 1. The summed E-state index contributed by atoms with van der Waals surface area (Å²) in [5.74, 6) is 4.63. The summed E-state index contributed by atoms with van der Waals surface area (Å²) in [5.41, 5.74) is 0.378. The Balaban J connectivity index is 1.18. The predicted molar refractivity (Wildman–Crippen MR) is 111 cm³/mol. The van der Waals surface area contributed by atoms with Gasteiger partial charge in [-0.1, -0.05) is 0 Å². The van der Waals surface area contributed by atoms with Crippen LogP contribution in [0.15, 0.2) is 24.3 Å². The summed E-state index contributed by atoms with van der Waals surface area (Å²) in [6, 6.07) is 7.97. The van der Waals surface area contributed by atoms with E-state index in [-0.39, 0.29) is 5.91 Å². The Labute approximate surface area is 169 Å². The van der Waals surface area contributed by atoms with Crippen molar-refractivity contribution in [2.75, 3.05) is 13.2 Å². The van der Waals surface area contributed by atoms with Crippen LogP contribution >= 0.6 is 0 Å². The molecule has 5 rings (SSSR count). The number of ether oxygens (including phenoxy) is 2. The highest BCUT2D eigenvalue weighted by Crippen LogP contribution is 2.61. The summed E-state index contributed by atoms with van der Waals surface area (Å²) < 4.78 is 11.2. The van der Waals surface area contributed by atoms with Gasteiger partial charge in [0.05, 0.1) is 13.2 Å². The summed E-state index contributed by atoms with van der Waals surface area (Å²) in [6.45, 7) is 5.45. The molecule has 1 aromatic carbocycles. The largest absolute Gasteiger partial charge is 0.494 e. The summed E-state index contributed by atoms with van der Waals surface area (Å²) >= 11 is 0. The number of hydrogen-bond acceptors (Lipinski definition) is 3. The highest BCUT2D eigenvalue weighted by atomic mass is 16.5. The number of hydrogen-bond donors (Lipinski definition) is 1. The Bertz CT molecular complexity index is 634. The van der Waals surface area contributed by atoms with Crippen LogP contribution in [0.2, 0.25) is 0 Å². The lowest BCUT2D eigenvalue weighted by Crippen LogP contribution is -2.55. The molecule has 4 aliphatic rings. The molecule has 4 saturated carbocycles. The molecular weight excluding hydrogens is 350 g/mol. The van der Waals surface area contributed by atoms with Gasteiger partial charge in [-0.15, -0.1) is 0 Å². The van der Waals surface area contributed by atoms with Crippen LogP contribution in [0.5, 0.6) is 11.5 Å². The second-order valence-corrected chi connectivity index (χ2v) is 9.43. The molecule has 0 spiro atoms. The minimum absolute atomic E-state index is 0.179. The van der Waals surface area contributed by atoms with Crippen LogP contribution in [0.1, 0.15) is 65.2 Å². The average Bonchev–Trinajstić information content (AvgIpc) is 2.66. The molecule has 0 heterocycles. The fraction of sp³-hybridized carbons (Fsp3) is 0.708. The first-order valence-electron chi connectivity index (χ1n) is 11.2. The zero-order chi connectivity index (χ0) is 19.6. The molecule has 0 radical (unpaired) electrons. The lowest BCUT2D eigenvalue weighted by atomic mass is 9.48. The maximum Gasteiger partial charge on any atom is 0.220 e. The van der Waals surface area contributed by atoms with Gasteiger partial charge in [-0.05, 0) is 106 Å². The number of carbonyl (C=O) groups excluding carboxylic acids is 1. The van der Waals surface area contributed by atoms with Gasteiger partial charge in [-0.2, -0.15) is 0 Å². The summed E-state index contributed by atoms with van der Waals surface area (Å²) in [5, 5.41) is 3.35. The molecule has 4 fully saturated rings. The smallest absolute Gasteiger partial charge is 0.220 e. The second kappa shape index (κ2) is 8.34. The lowest BCUT2D eigenvalue weighted by molar-refractivity contribution is -0.126. The van der Waals surface area contributed by atoms with E-state index < -0.39 is 0 Å². The molecule has 0 saturated heterocycles. The third-order valence-corrected chi connectivity index (χ3v) is 7.33. The molecule has 4 aliphatic carbocycles. The summed E-state index contributed by atoms with van der Waals surface area (Å²) in [6.07, 6.45) is 9.62. The number of nitrogens with one attached hydrogen (secondary N) is 1. The van der Waals surface area contributed by atoms with E-state index in [0.29, 0.717) is 31.1 Å². The van der Waals surface area contributed by atoms with Crippen LogP contribution in [0, 0.1) is 23.2 Å². The van der Waals surface area contributed by atoms with E-state index in [9.17, 15) is 4.79 Å². The Morgan fingerprint density at radius 1 is 1.04 bits per heavy atom. The fourth-order valence-corrected chi connectivity index (χ4v) is 6.40. The predicted octanol–water partition coefficient (Wildman–Crippen LogP) is 4.97. The van der Waals surface area contributed by atoms with E-state index in [2.05, 4.69) is 12.2 Å². The lowest BCUT2D eigenvalue weighted by Gasteiger charge is -2.59. The average molecular weight is 386 g/mol. The maximum absolute atomic E-state index is 12.5. The normalized spacial score (nSPS) is 31.4. The third-order valence-electron chi connectivity index (χ3n) is 7.33. The third kappa shape index (κ3) is 4.31. The number of benzene rings is 1. The topological polar surface area (TPSA) is 47.6 Å². The zero-order valence-corrected chi connectivity index (χ0v) is 17.4. The van der Waals surface area contributed by atoms with Crippen molar-refractivity contribution >= 4 is 5.91 Å². The monoisotopic (exact) mass is 385 g/mol. The Morgan fingerprint density at radius 3 is 2.11 bits per heavy atom. The second-order valence-electron chi connectivity index (χ2n) is 9.43. The Kier molecular flexibility index (Phi) is 5.84.